The van der Waals surface area contributed by atoms with E-state index in [0.717, 1.165) is 44.4 Å². The van der Waals surface area contributed by atoms with Gasteiger partial charge in [-0.3, -0.25) is 0 Å². The fourth-order valence-electron chi connectivity index (χ4n) is 8.71. The van der Waals surface area contributed by atoms with Gasteiger partial charge in [0.05, 0.1) is 11.0 Å². The summed E-state index contributed by atoms with van der Waals surface area (Å²) in [6.07, 6.45) is 0. The third-order valence-electron chi connectivity index (χ3n) is 11.1. The smallest absolute Gasteiger partial charge is 0.180 e. The molecule has 9 aromatic carbocycles. The van der Waals surface area contributed by atoms with Crippen LogP contribution in [0.2, 0.25) is 0 Å². The summed E-state index contributed by atoms with van der Waals surface area (Å²) in [5, 5.41) is 13.3. The van der Waals surface area contributed by atoms with Gasteiger partial charge in [-0.15, -0.1) is 0 Å². The van der Waals surface area contributed by atoms with Crippen LogP contribution in [0.3, 0.4) is 0 Å². The summed E-state index contributed by atoms with van der Waals surface area (Å²) in [7, 11) is 0. The Morgan fingerprint density at radius 3 is 1.83 bits per heavy atom. The number of furan rings is 1. The second-order valence-electron chi connectivity index (χ2n) is 14.1. The largest absolute Gasteiger partial charge is 0.452 e. The van der Waals surface area contributed by atoms with Crippen LogP contribution in [0.25, 0.3) is 115 Å². The van der Waals surface area contributed by atoms with Gasteiger partial charge >= 0.3 is 0 Å². The number of nitrogens with zero attached hydrogens (tertiary/aromatic N) is 3. The lowest BCUT2D eigenvalue weighted by atomic mass is 9.96. The van der Waals surface area contributed by atoms with Crippen molar-refractivity contribution in [1.29, 1.82) is 0 Å². The third-order valence-corrected chi connectivity index (χ3v) is 11.1. The molecule has 0 atom stereocenters. The van der Waals surface area contributed by atoms with Gasteiger partial charge in [-0.25, -0.2) is 9.97 Å². The van der Waals surface area contributed by atoms with Crippen molar-refractivity contribution in [2.45, 2.75) is 0 Å². The van der Waals surface area contributed by atoms with E-state index in [-0.39, 0.29) is 0 Å². The lowest BCUT2D eigenvalue weighted by molar-refractivity contribution is 0.667. The summed E-state index contributed by atoms with van der Waals surface area (Å²) in [5.41, 5.74) is 8.53. The minimum atomic E-state index is 0.660. The predicted octanol–water partition coefficient (Wildman–Crippen LogP) is 13.4. The Morgan fingerprint density at radius 1 is 0.407 bits per heavy atom. The first kappa shape index (κ1) is 29.3. The quantitative estimate of drug-likeness (QED) is 0.174. The number of aromatic nitrogens is 3. The molecule has 54 heavy (non-hydrogen) atoms. The maximum Gasteiger partial charge on any atom is 0.180 e. The van der Waals surface area contributed by atoms with Crippen molar-refractivity contribution in [3.8, 4) is 28.3 Å². The summed E-state index contributed by atoms with van der Waals surface area (Å²) in [4.78, 5) is 10.4. The molecule has 0 fully saturated rings. The number of hydrogen-bond acceptors (Lipinski definition) is 3. The normalized spacial score (nSPS) is 12.1. The molecule has 0 radical (unpaired) electrons. The van der Waals surface area contributed by atoms with Gasteiger partial charge in [-0.05, 0) is 74.8 Å². The monoisotopic (exact) mass is 687 g/mol. The molecule has 0 spiro atoms. The molecule has 0 N–H and O–H groups in total. The van der Waals surface area contributed by atoms with Gasteiger partial charge in [-0.2, -0.15) is 0 Å². The average Bonchev–Trinajstić information content (AvgIpc) is 3.80. The summed E-state index contributed by atoms with van der Waals surface area (Å²) in [5.74, 6) is 0.660. The topological polar surface area (TPSA) is 43.9 Å². The van der Waals surface area contributed by atoms with Crippen molar-refractivity contribution in [2.75, 3.05) is 0 Å². The number of hydrogen-bond donors (Lipinski definition) is 0. The lowest BCUT2D eigenvalue weighted by Gasteiger charge is -2.13. The van der Waals surface area contributed by atoms with Gasteiger partial charge in [0.1, 0.15) is 16.8 Å². The minimum absolute atomic E-state index is 0.660. The van der Waals surface area contributed by atoms with Gasteiger partial charge in [0.2, 0.25) is 0 Å². The van der Waals surface area contributed by atoms with Crippen molar-refractivity contribution in [1.82, 2.24) is 14.5 Å². The van der Waals surface area contributed by atoms with E-state index < -0.39 is 0 Å². The van der Waals surface area contributed by atoms with E-state index in [4.69, 9.17) is 14.4 Å². The zero-order chi connectivity index (χ0) is 35.3. The molecule has 12 aromatic rings. The van der Waals surface area contributed by atoms with E-state index in [9.17, 15) is 0 Å². The molecule has 0 saturated heterocycles. The van der Waals surface area contributed by atoms with Crippen LogP contribution in [-0.4, -0.2) is 14.5 Å². The average molecular weight is 688 g/mol. The van der Waals surface area contributed by atoms with Gasteiger partial charge in [0, 0.05) is 43.7 Å². The van der Waals surface area contributed by atoms with E-state index in [1.165, 1.54) is 59.5 Å². The van der Waals surface area contributed by atoms with Crippen LogP contribution in [0.4, 0.5) is 0 Å². The molecule has 3 aromatic heterocycles. The Labute approximate surface area is 309 Å². The highest BCUT2D eigenvalue weighted by Gasteiger charge is 2.22. The molecule has 0 saturated carbocycles. The zero-order valence-corrected chi connectivity index (χ0v) is 29.0. The van der Waals surface area contributed by atoms with Crippen molar-refractivity contribution in [3.05, 3.63) is 176 Å². The second-order valence-corrected chi connectivity index (χ2v) is 14.1. The Kier molecular flexibility index (Phi) is 6.02. The van der Waals surface area contributed by atoms with Crippen LogP contribution >= 0.6 is 0 Å². The molecule has 0 unspecified atom stereocenters. The molecular formula is C50H29N3O. The highest BCUT2D eigenvalue weighted by Crippen LogP contribution is 2.44. The maximum absolute atomic E-state index is 6.46. The zero-order valence-electron chi connectivity index (χ0n) is 29.0. The summed E-state index contributed by atoms with van der Waals surface area (Å²) >= 11 is 0. The molecular weight excluding hydrogens is 659 g/mol. The first-order valence-electron chi connectivity index (χ1n) is 18.3. The molecule has 0 aliphatic heterocycles. The first-order chi connectivity index (χ1) is 26.8. The van der Waals surface area contributed by atoms with Crippen LogP contribution in [0.1, 0.15) is 0 Å². The maximum atomic E-state index is 6.46. The minimum Gasteiger partial charge on any atom is -0.452 e. The lowest BCUT2D eigenvalue weighted by Crippen LogP contribution is -1.97. The Morgan fingerprint density at radius 2 is 1.02 bits per heavy atom. The highest BCUT2D eigenvalue weighted by molar-refractivity contribution is 6.34. The molecule has 4 nitrogen and oxygen atoms in total. The van der Waals surface area contributed by atoms with Crippen molar-refractivity contribution >= 4 is 87.0 Å². The van der Waals surface area contributed by atoms with Crippen LogP contribution in [0.15, 0.2) is 180 Å². The molecule has 0 bridgehead atoms. The number of fused-ring (bicyclic) bond motifs is 14. The Hall–Kier alpha value is -7.30. The van der Waals surface area contributed by atoms with Gasteiger partial charge < -0.3 is 8.98 Å². The summed E-state index contributed by atoms with van der Waals surface area (Å²) in [6.45, 7) is 0. The molecule has 0 aliphatic rings. The fraction of sp³-hybridized carbons (Fsp3) is 0. The highest BCUT2D eigenvalue weighted by atomic mass is 16.3. The number of benzene rings is 9. The van der Waals surface area contributed by atoms with Crippen LogP contribution in [0, 0.1) is 0 Å². The van der Waals surface area contributed by atoms with E-state index >= 15 is 0 Å². The number of rotatable bonds is 3. The van der Waals surface area contributed by atoms with E-state index in [1.807, 2.05) is 18.2 Å². The fourth-order valence-corrected chi connectivity index (χ4v) is 8.71. The van der Waals surface area contributed by atoms with Crippen molar-refractivity contribution < 1.29 is 4.42 Å². The molecule has 0 aliphatic carbocycles. The van der Waals surface area contributed by atoms with Crippen molar-refractivity contribution in [2.24, 2.45) is 0 Å². The molecule has 4 heteroatoms. The SMILES string of the molecule is c1ccc2cc(-c3nc(-c4ccc(-n5c6c7ccccc7ccc6c6c7ccccc7c7ccccc7c65)cc4)nc4c3oc3ccccc34)ccc2c1. The van der Waals surface area contributed by atoms with E-state index in [1.54, 1.807) is 0 Å². The van der Waals surface area contributed by atoms with Crippen LogP contribution < -0.4 is 0 Å². The van der Waals surface area contributed by atoms with Gasteiger partial charge in [0.25, 0.3) is 0 Å². The van der Waals surface area contributed by atoms with Crippen LogP contribution in [-0.2, 0) is 0 Å². The third kappa shape index (κ3) is 4.13. The molecule has 12 rings (SSSR count). The molecule has 0 amide bonds. The molecule has 250 valence electrons. The summed E-state index contributed by atoms with van der Waals surface area (Å²) in [6, 6.07) is 62.7. The summed E-state index contributed by atoms with van der Waals surface area (Å²) < 4.78 is 8.94. The first-order valence-corrected chi connectivity index (χ1v) is 18.3. The Bertz CT molecular complexity index is 3500. The molecule has 3 heterocycles. The van der Waals surface area contributed by atoms with Crippen molar-refractivity contribution in [3.63, 3.8) is 0 Å². The van der Waals surface area contributed by atoms with Gasteiger partial charge in [-0.1, -0.05) is 133 Å². The van der Waals surface area contributed by atoms with Crippen LogP contribution in [0.5, 0.6) is 0 Å². The second kappa shape index (κ2) is 11.1. The predicted molar refractivity (Wildman–Crippen MR) is 225 cm³/mol. The Balaban J connectivity index is 1.12. The number of para-hydroxylation sites is 1. The standard InChI is InChI=1S/C50H29N3O/c1-2-13-33-29-34(22-21-30(33)11-1)45-49-46(41-19-9-10-20-43(41)54-49)52-50(51-45)32-23-26-35(27-24-32)53-47-36-14-4-3-12-31(36)25-28-42(47)44-39-17-7-5-15-37(39)38-16-6-8-18-40(38)48(44)53/h1-29H. The van der Waals surface area contributed by atoms with E-state index in [2.05, 4.69) is 162 Å². The van der Waals surface area contributed by atoms with E-state index in [0.29, 0.717) is 11.4 Å². The van der Waals surface area contributed by atoms with Gasteiger partial charge in [0.15, 0.2) is 11.4 Å².